The average molecular weight is 391 g/mol. The third-order valence-electron chi connectivity index (χ3n) is 4.22. The van der Waals surface area contributed by atoms with E-state index < -0.39 is 10.0 Å². The first-order valence-electron chi connectivity index (χ1n) is 7.99. The van der Waals surface area contributed by atoms with Crippen LogP contribution in [0.25, 0.3) is 0 Å². The molecule has 7 nitrogen and oxygen atoms in total. The van der Waals surface area contributed by atoms with E-state index in [0.717, 1.165) is 19.6 Å². The fraction of sp³-hybridized carbons (Fsp3) is 0.562. The van der Waals surface area contributed by atoms with E-state index >= 15 is 0 Å². The van der Waals surface area contributed by atoms with Crippen LogP contribution in [0.3, 0.4) is 0 Å². The number of hydrogen-bond donors (Lipinski definition) is 2. The van der Waals surface area contributed by atoms with Crippen LogP contribution in [0, 0.1) is 6.92 Å². The van der Waals surface area contributed by atoms with Gasteiger partial charge in [-0.3, -0.25) is 9.69 Å². The van der Waals surface area contributed by atoms with Crippen molar-refractivity contribution < 1.29 is 13.2 Å². The van der Waals surface area contributed by atoms with Gasteiger partial charge in [0.05, 0.1) is 11.4 Å². The number of benzene rings is 1. The molecule has 1 heterocycles. The van der Waals surface area contributed by atoms with Crippen LogP contribution in [0.1, 0.15) is 12.5 Å². The highest BCUT2D eigenvalue weighted by Gasteiger charge is 2.22. The second-order valence-corrected chi connectivity index (χ2v) is 8.46. The molecule has 1 aromatic carbocycles. The molecule has 1 atom stereocenters. The Kier molecular flexibility index (Phi) is 7.83. The maximum absolute atomic E-state index is 12.3. The lowest BCUT2D eigenvalue weighted by Gasteiger charge is -2.33. The van der Waals surface area contributed by atoms with Crippen molar-refractivity contribution in [1.29, 1.82) is 0 Å². The number of aryl methyl sites for hydroxylation is 1. The first-order chi connectivity index (χ1) is 11.2. The molecule has 0 radical (unpaired) electrons. The number of carbonyl (C=O) groups is 1. The molecule has 1 aliphatic rings. The van der Waals surface area contributed by atoms with E-state index in [2.05, 4.69) is 22.5 Å². The van der Waals surface area contributed by atoms with Gasteiger partial charge < -0.3 is 10.6 Å². The van der Waals surface area contributed by atoms with Gasteiger partial charge in [0, 0.05) is 45.5 Å². The van der Waals surface area contributed by atoms with Gasteiger partial charge in [-0.1, -0.05) is 6.07 Å². The smallest absolute Gasteiger partial charge is 0.242 e. The number of nitrogens with zero attached hydrogens (tertiary/aromatic N) is 2. The molecule has 0 aliphatic carbocycles. The summed E-state index contributed by atoms with van der Waals surface area (Å²) in [6.45, 7) is 6.67. The van der Waals surface area contributed by atoms with E-state index in [1.54, 1.807) is 19.1 Å². The standard InChI is InChI=1S/C16H26N4O3S.ClH/c1-12-5-6-14(9-15(12)24(22,23)19(3)4)18-16(21)11-20-8-7-17-10-13(20)2;/h5-6,9,13,17H,7-8,10-11H2,1-4H3,(H,18,21);1H/t13-;/m1./s1. The molecule has 1 amide bonds. The minimum atomic E-state index is -3.54. The SMILES string of the molecule is Cc1ccc(NC(=O)CN2CCNC[C@H]2C)cc1S(=O)(=O)N(C)C.Cl. The molecule has 2 N–H and O–H groups in total. The molecule has 1 aliphatic heterocycles. The van der Waals surface area contributed by atoms with E-state index in [4.69, 9.17) is 0 Å². The van der Waals surface area contributed by atoms with Gasteiger partial charge in [-0.15, -0.1) is 12.4 Å². The Morgan fingerprint density at radius 3 is 2.68 bits per heavy atom. The molecule has 1 aromatic rings. The van der Waals surface area contributed by atoms with Crippen LogP contribution in [-0.2, 0) is 14.8 Å². The topological polar surface area (TPSA) is 81.8 Å². The highest BCUT2D eigenvalue weighted by molar-refractivity contribution is 7.89. The van der Waals surface area contributed by atoms with Gasteiger partial charge >= 0.3 is 0 Å². The van der Waals surface area contributed by atoms with Crippen LogP contribution in [0.4, 0.5) is 5.69 Å². The number of carbonyl (C=O) groups excluding carboxylic acids is 1. The van der Waals surface area contributed by atoms with Crippen molar-refractivity contribution in [3.05, 3.63) is 23.8 Å². The minimum Gasteiger partial charge on any atom is -0.325 e. The molecule has 0 aromatic heterocycles. The van der Waals surface area contributed by atoms with E-state index in [1.807, 2.05) is 0 Å². The molecular weight excluding hydrogens is 364 g/mol. The zero-order valence-corrected chi connectivity index (χ0v) is 16.7. The molecule has 2 rings (SSSR count). The highest BCUT2D eigenvalue weighted by atomic mass is 35.5. The number of rotatable bonds is 5. The lowest BCUT2D eigenvalue weighted by Crippen LogP contribution is -2.51. The molecule has 142 valence electrons. The summed E-state index contributed by atoms with van der Waals surface area (Å²) < 4.78 is 25.9. The summed E-state index contributed by atoms with van der Waals surface area (Å²) in [7, 11) is -0.555. The molecule has 1 saturated heterocycles. The predicted octanol–water partition coefficient (Wildman–Crippen LogP) is 0.899. The second kappa shape index (κ2) is 8.95. The number of hydrogen-bond acceptors (Lipinski definition) is 5. The first-order valence-corrected chi connectivity index (χ1v) is 9.43. The Balaban J connectivity index is 0.00000312. The summed E-state index contributed by atoms with van der Waals surface area (Å²) >= 11 is 0. The van der Waals surface area contributed by atoms with Crippen molar-refractivity contribution in [1.82, 2.24) is 14.5 Å². The van der Waals surface area contributed by atoms with E-state index in [1.165, 1.54) is 24.5 Å². The number of sulfonamides is 1. The monoisotopic (exact) mass is 390 g/mol. The molecule has 9 heteroatoms. The van der Waals surface area contributed by atoms with Crippen LogP contribution in [0.2, 0.25) is 0 Å². The molecular formula is C16H27ClN4O3S. The molecule has 25 heavy (non-hydrogen) atoms. The lowest BCUT2D eigenvalue weighted by atomic mass is 10.2. The van der Waals surface area contributed by atoms with Gasteiger partial charge in [-0.25, -0.2) is 12.7 Å². The summed E-state index contributed by atoms with van der Waals surface area (Å²) in [6, 6.07) is 5.25. The number of nitrogens with one attached hydrogen (secondary N) is 2. The Labute approximate surface area is 156 Å². The summed E-state index contributed by atoms with van der Waals surface area (Å²) in [5, 5.41) is 6.09. The largest absolute Gasteiger partial charge is 0.325 e. The van der Waals surface area contributed by atoms with E-state index in [-0.39, 0.29) is 23.2 Å². The van der Waals surface area contributed by atoms with Gasteiger partial charge in [0.2, 0.25) is 15.9 Å². The van der Waals surface area contributed by atoms with Gasteiger partial charge in [-0.05, 0) is 31.5 Å². The molecule has 1 fully saturated rings. The zero-order chi connectivity index (χ0) is 17.9. The molecule has 0 unspecified atom stereocenters. The van der Waals surface area contributed by atoms with Crippen LogP contribution in [-0.4, -0.2) is 69.8 Å². The van der Waals surface area contributed by atoms with E-state index in [9.17, 15) is 13.2 Å². The summed E-state index contributed by atoms with van der Waals surface area (Å²) in [6.07, 6.45) is 0. The van der Waals surface area contributed by atoms with E-state index in [0.29, 0.717) is 23.8 Å². The van der Waals surface area contributed by atoms with Crippen LogP contribution < -0.4 is 10.6 Å². The van der Waals surface area contributed by atoms with Crippen LogP contribution in [0.15, 0.2) is 23.1 Å². The Morgan fingerprint density at radius 1 is 1.40 bits per heavy atom. The minimum absolute atomic E-state index is 0. The fourth-order valence-corrected chi connectivity index (χ4v) is 3.80. The third kappa shape index (κ3) is 5.39. The molecule has 0 saturated carbocycles. The third-order valence-corrected chi connectivity index (χ3v) is 6.17. The lowest BCUT2D eigenvalue weighted by molar-refractivity contribution is -0.118. The van der Waals surface area contributed by atoms with Gasteiger partial charge in [0.15, 0.2) is 0 Å². The van der Waals surface area contributed by atoms with Crippen molar-refractivity contribution in [3.8, 4) is 0 Å². The van der Waals surface area contributed by atoms with Crippen molar-refractivity contribution in [2.75, 3.05) is 45.6 Å². The quantitative estimate of drug-likeness (QED) is 0.780. The predicted molar refractivity (Wildman–Crippen MR) is 102 cm³/mol. The van der Waals surface area contributed by atoms with Crippen molar-refractivity contribution in [2.45, 2.75) is 24.8 Å². The van der Waals surface area contributed by atoms with Crippen LogP contribution in [0.5, 0.6) is 0 Å². The number of anilines is 1. The Hall–Kier alpha value is -1.19. The normalized spacial score (nSPS) is 18.7. The summed E-state index contributed by atoms with van der Waals surface area (Å²) in [5.74, 6) is -0.138. The van der Waals surface area contributed by atoms with Crippen molar-refractivity contribution in [3.63, 3.8) is 0 Å². The van der Waals surface area contributed by atoms with Gasteiger partial charge in [-0.2, -0.15) is 0 Å². The Morgan fingerprint density at radius 2 is 2.08 bits per heavy atom. The zero-order valence-electron chi connectivity index (χ0n) is 15.1. The van der Waals surface area contributed by atoms with Gasteiger partial charge in [0.25, 0.3) is 0 Å². The second-order valence-electron chi connectivity index (χ2n) is 6.34. The number of piperazine rings is 1. The average Bonchev–Trinajstić information content (AvgIpc) is 2.51. The highest BCUT2D eigenvalue weighted by Crippen LogP contribution is 2.22. The summed E-state index contributed by atoms with van der Waals surface area (Å²) in [4.78, 5) is 14.6. The van der Waals surface area contributed by atoms with Gasteiger partial charge in [0.1, 0.15) is 0 Å². The first kappa shape index (κ1) is 21.9. The molecule has 0 bridgehead atoms. The molecule has 0 spiro atoms. The van der Waals surface area contributed by atoms with Crippen LogP contribution >= 0.6 is 12.4 Å². The number of amides is 1. The maximum Gasteiger partial charge on any atom is 0.242 e. The van der Waals surface area contributed by atoms with Crippen molar-refractivity contribution in [2.24, 2.45) is 0 Å². The maximum atomic E-state index is 12.3. The Bertz CT molecular complexity index is 709. The fourth-order valence-electron chi connectivity index (χ4n) is 2.66. The van der Waals surface area contributed by atoms with Crippen molar-refractivity contribution >= 4 is 34.0 Å². The summed E-state index contributed by atoms with van der Waals surface area (Å²) in [5.41, 5.74) is 1.14. The number of halogens is 1.